The lowest BCUT2D eigenvalue weighted by Gasteiger charge is -2.15. The van der Waals surface area contributed by atoms with Gasteiger partial charge in [-0.3, -0.25) is 11.3 Å². The van der Waals surface area contributed by atoms with Gasteiger partial charge < -0.3 is 0 Å². The van der Waals surface area contributed by atoms with Crippen molar-refractivity contribution in [3.8, 4) is 0 Å². The van der Waals surface area contributed by atoms with Crippen LogP contribution in [-0.4, -0.2) is 11.8 Å². The summed E-state index contributed by atoms with van der Waals surface area (Å²) in [6, 6.07) is 10.4. The Morgan fingerprint density at radius 1 is 1.37 bits per heavy atom. The van der Waals surface area contributed by atoms with Crippen molar-refractivity contribution < 1.29 is 0 Å². The van der Waals surface area contributed by atoms with Gasteiger partial charge in [0.2, 0.25) is 0 Å². The van der Waals surface area contributed by atoms with E-state index >= 15 is 0 Å². The van der Waals surface area contributed by atoms with Crippen LogP contribution in [0.2, 0.25) is 5.02 Å². The predicted octanol–water partition coefficient (Wildman–Crippen LogP) is 3.96. The molecule has 5 heteroatoms. The Morgan fingerprint density at radius 3 is 2.95 bits per heavy atom. The Morgan fingerprint density at radius 2 is 2.26 bits per heavy atom. The molecule has 0 bridgehead atoms. The van der Waals surface area contributed by atoms with Gasteiger partial charge in [0, 0.05) is 21.7 Å². The average molecular weight is 313 g/mol. The number of benzene rings is 1. The van der Waals surface area contributed by atoms with Crippen LogP contribution in [0.15, 0.2) is 46.0 Å². The van der Waals surface area contributed by atoms with Crippen LogP contribution < -0.4 is 11.3 Å². The molecule has 1 atom stereocenters. The molecule has 0 fully saturated rings. The topological polar surface area (TPSA) is 38.0 Å². The van der Waals surface area contributed by atoms with Crippen molar-refractivity contribution >= 4 is 34.7 Å². The van der Waals surface area contributed by atoms with Crippen LogP contribution in [0.1, 0.15) is 12.0 Å². The van der Waals surface area contributed by atoms with E-state index in [1.807, 2.05) is 18.2 Å². The lowest BCUT2D eigenvalue weighted by Crippen LogP contribution is -2.37. The van der Waals surface area contributed by atoms with Crippen LogP contribution in [0.25, 0.3) is 0 Å². The molecule has 102 valence electrons. The fourth-order valence-corrected chi connectivity index (χ4v) is 3.74. The van der Waals surface area contributed by atoms with Gasteiger partial charge in [0.05, 0.1) is 0 Å². The Kier molecular flexibility index (Phi) is 6.20. The summed E-state index contributed by atoms with van der Waals surface area (Å²) < 4.78 is 0. The molecule has 0 aliphatic carbocycles. The monoisotopic (exact) mass is 312 g/mol. The van der Waals surface area contributed by atoms with Gasteiger partial charge in [-0.1, -0.05) is 17.7 Å². The second-order valence-electron chi connectivity index (χ2n) is 4.30. The second kappa shape index (κ2) is 7.92. The zero-order valence-electron chi connectivity index (χ0n) is 10.5. The molecule has 2 aromatic rings. The number of nitrogens with two attached hydrogens (primary N) is 1. The molecule has 0 aliphatic rings. The number of thiophene rings is 1. The summed E-state index contributed by atoms with van der Waals surface area (Å²) in [6.45, 7) is 0. The highest BCUT2D eigenvalue weighted by molar-refractivity contribution is 7.99. The van der Waals surface area contributed by atoms with E-state index in [0.717, 1.165) is 23.6 Å². The average Bonchev–Trinajstić information content (AvgIpc) is 2.92. The number of halogens is 1. The third-order valence-corrected chi connectivity index (χ3v) is 4.97. The van der Waals surface area contributed by atoms with Gasteiger partial charge >= 0.3 is 0 Å². The molecule has 1 heterocycles. The van der Waals surface area contributed by atoms with Gasteiger partial charge in [-0.25, -0.2) is 0 Å². The van der Waals surface area contributed by atoms with E-state index < -0.39 is 0 Å². The number of hydrazine groups is 1. The van der Waals surface area contributed by atoms with Gasteiger partial charge in [-0.2, -0.15) is 11.3 Å². The summed E-state index contributed by atoms with van der Waals surface area (Å²) in [5, 5.41) is 5.08. The van der Waals surface area contributed by atoms with Gasteiger partial charge in [-0.15, -0.1) is 11.8 Å². The van der Waals surface area contributed by atoms with Gasteiger partial charge in [0.25, 0.3) is 0 Å². The minimum absolute atomic E-state index is 0.309. The maximum atomic E-state index is 5.97. The maximum Gasteiger partial charge on any atom is 0.0417 e. The quantitative estimate of drug-likeness (QED) is 0.462. The van der Waals surface area contributed by atoms with E-state index in [4.69, 9.17) is 17.4 Å². The number of thioether (sulfide) groups is 1. The van der Waals surface area contributed by atoms with Gasteiger partial charge in [-0.05, 0) is 53.4 Å². The second-order valence-corrected chi connectivity index (χ2v) is 6.61. The lowest BCUT2D eigenvalue weighted by molar-refractivity contribution is 0.539. The maximum absolute atomic E-state index is 5.97. The Balaban J connectivity index is 1.79. The minimum Gasteiger partial charge on any atom is -0.271 e. The van der Waals surface area contributed by atoms with Crippen molar-refractivity contribution in [1.29, 1.82) is 0 Å². The lowest BCUT2D eigenvalue weighted by atomic mass is 10.1. The van der Waals surface area contributed by atoms with Crippen molar-refractivity contribution in [2.45, 2.75) is 23.8 Å². The SMILES string of the molecule is NNC(CCc1ccsc1)CSc1cccc(Cl)c1. The molecular formula is C14H17ClN2S2. The Hall–Kier alpha value is -0.520. The largest absolute Gasteiger partial charge is 0.271 e. The third-order valence-electron chi connectivity index (χ3n) is 2.84. The summed E-state index contributed by atoms with van der Waals surface area (Å²) in [7, 11) is 0. The number of hydrogen-bond acceptors (Lipinski definition) is 4. The van der Waals surface area contributed by atoms with Crippen LogP contribution >= 0.6 is 34.7 Å². The zero-order valence-corrected chi connectivity index (χ0v) is 12.9. The molecule has 2 nitrogen and oxygen atoms in total. The first-order valence-corrected chi connectivity index (χ1v) is 8.44. The van der Waals surface area contributed by atoms with Crippen molar-refractivity contribution in [2.75, 3.05) is 5.75 Å². The molecule has 19 heavy (non-hydrogen) atoms. The van der Waals surface area contributed by atoms with Crippen LogP contribution in [0.4, 0.5) is 0 Å². The Bertz CT molecular complexity index is 488. The van der Waals surface area contributed by atoms with E-state index in [9.17, 15) is 0 Å². The molecule has 1 aromatic carbocycles. The smallest absolute Gasteiger partial charge is 0.0417 e. The van der Waals surface area contributed by atoms with Crippen LogP contribution in [-0.2, 0) is 6.42 Å². The standard InChI is InChI=1S/C14H17ClN2S2/c15-12-2-1-3-14(8-12)19-10-13(17-16)5-4-11-6-7-18-9-11/h1-3,6-9,13,17H,4-5,10,16H2. The molecule has 3 N–H and O–H groups in total. The molecule has 1 aromatic heterocycles. The summed E-state index contributed by atoms with van der Waals surface area (Å²) in [4.78, 5) is 1.18. The third kappa shape index (κ3) is 5.16. The molecule has 0 amide bonds. The highest BCUT2D eigenvalue weighted by Crippen LogP contribution is 2.23. The van der Waals surface area contributed by atoms with Crippen molar-refractivity contribution in [3.63, 3.8) is 0 Å². The van der Waals surface area contributed by atoms with Crippen molar-refractivity contribution in [3.05, 3.63) is 51.7 Å². The van der Waals surface area contributed by atoms with Gasteiger partial charge in [0.1, 0.15) is 0 Å². The normalized spacial score (nSPS) is 12.5. The summed E-state index contributed by atoms with van der Waals surface area (Å²) in [6.07, 6.45) is 2.11. The highest BCUT2D eigenvalue weighted by atomic mass is 35.5. The first-order chi connectivity index (χ1) is 9.28. The van der Waals surface area contributed by atoms with E-state index in [1.54, 1.807) is 23.1 Å². The van der Waals surface area contributed by atoms with Gasteiger partial charge in [0.15, 0.2) is 0 Å². The Labute approximate surface area is 127 Å². The number of nitrogens with one attached hydrogen (secondary N) is 1. The fourth-order valence-electron chi connectivity index (χ4n) is 1.74. The molecule has 1 unspecified atom stereocenters. The number of rotatable bonds is 7. The van der Waals surface area contributed by atoms with Crippen LogP contribution in [0.3, 0.4) is 0 Å². The van der Waals surface area contributed by atoms with E-state index in [-0.39, 0.29) is 0 Å². The van der Waals surface area contributed by atoms with Crippen molar-refractivity contribution in [2.24, 2.45) is 5.84 Å². The summed E-state index contributed by atoms with van der Waals surface area (Å²) in [5.74, 6) is 6.56. The summed E-state index contributed by atoms with van der Waals surface area (Å²) >= 11 is 9.49. The molecule has 2 rings (SSSR count). The van der Waals surface area contributed by atoms with E-state index in [0.29, 0.717) is 6.04 Å². The molecule has 0 saturated carbocycles. The fraction of sp³-hybridized carbons (Fsp3) is 0.286. The number of aryl methyl sites for hydroxylation is 1. The van der Waals surface area contributed by atoms with Crippen LogP contribution in [0.5, 0.6) is 0 Å². The number of hydrogen-bond donors (Lipinski definition) is 2. The van der Waals surface area contributed by atoms with Crippen molar-refractivity contribution in [1.82, 2.24) is 5.43 Å². The minimum atomic E-state index is 0.309. The van der Waals surface area contributed by atoms with Crippen LogP contribution in [0, 0.1) is 0 Å². The first kappa shape index (κ1) is 14.9. The molecule has 0 aliphatic heterocycles. The first-order valence-electron chi connectivity index (χ1n) is 6.13. The summed E-state index contributed by atoms with van der Waals surface area (Å²) in [5.41, 5.74) is 4.29. The molecule has 0 saturated heterocycles. The molecular weight excluding hydrogens is 296 g/mol. The van der Waals surface area contributed by atoms with E-state index in [1.165, 1.54) is 10.5 Å². The highest BCUT2D eigenvalue weighted by Gasteiger charge is 2.08. The van der Waals surface area contributed by atoms with E-state index in [2.05, 4.69) is 28.3 Å². The predicted molar refractivity (Wildman–Crippen MR) is 85.9 cm³/mol. The molecule has 0 radical (unpaired) electrons. The molecule has 0 spiro atoms. The zero-order chi connectivity index (χ0) is 13.5.